The van der Waals surface area contributed by atoms with E-state index in [0.717, 1.165) is 35.8 Å². The quantitative estimate of drug-likeness (QED) is 0.575. The number of ether oxygens (including phenoxy) is 1. The van der Waals surface area contributed by atoms with Crippen LogP contribution in [-0.4, -0.2) is 37.3 Å². The molecule has 0 bridgehead atoms. The molecule has 0 atom stereocenters. The first kappa shape index (κ1) is 20.8. The summed E-state index contributed by atoms with van der Waals surface area (Å²) in [6.07, 6.45) is 1.87. The molecule has 0 unspecified atom stereocenters. The second-order valence-electron chi connectivity index (χ2n) is 9.28. The molecule has 2 heterocycles. The van der Waals surface area contributed by atoms with Gasteiger partial charge in [-0.2, -0.15) is 9.49 Å². The molecule has 3 aromatic rings. The van der Waals surface area contributed by atoms with Gasteiger partial charge in [0, 0.05) is 30.6 Å². The van der Waals surface area contributed by atoms with Crippen molar-refractivity contribution in [2.75, 3.05) is 13.1 Å². The Bertz CT molecular complexity index is 1090. The molecule has 0 saturated carbocycles. The molecule has 1 aromatic heterocycles. The van der Waals surface area contributed by atoms with Gasteiger partial charge >= 0.3 is 0 Å². The molecule has 1 aliphatic rings. The van der Waals surface area contributed by atoms with E-state index in [-0.39, 0.29) is 16.9 Å². The average molecular weight is 432 g/mol. The van der Waals surface area contributed by atoms with Gasteiger partial charge < -0.3 is 14.5 Å². The molecule has 1 N–H and O–H groups in total. The smallest absolute Gasteiger partial charge is 0.250 e. The zero-order valence-corrected chi connectivity index (χ0v) is 18.9. The molecule has 4 rings (SSSR count). The predicted octanol–water partition coefficient (Wildman–Crippen LogP) is 5.04. The zero-order valence-electron chi connectivity index (χ0n) is 17.9. The Morgan fingerprint density at radius 1 is 1.13 bits per heavy atom. The standard InChI is InChI=1S/C22H27F2N3O2Si/c1-22(2,3)30(4,5)29-20-10-15(9-18(23)21(20)24)27-19-7-6-16(8-14(19)11-26-27)28-17-12-25-13-17/h6-11,17,25H,12-13H2,1-5H3. The van der Waals surface area contributed by atoms with Gasteiger partial charge in [0.25, 0.3) is 8.32 Å². The molecule has 0 spiro atoms. The van der Waals surface area contributed by atoms with E-state index in [4.69, 9.17) is 9.16 Å². The molecule has 8 heteroatoms. The Labute approximate surface area is 176 Å². The average Bonchev–Trinajstić information content (AvgIpc) is 3.04. The van der Waals surface area contributed by atoms with Crippen molar-refractivity contribution in [1.29, 1.82) is 0 Å². The van der Waals surface area contributed by atoms with Crippen LogP contribution in [0, 0.1) is 11.6 Å². The SMILES string of the molecule is CC(C)(C)[Si](C)(C)Oc1cc(-n2ncc3cc(OC4CNC4)ccc32)cc(F)c1F. The highest BCUT2D eigenvalue weighted by atomic mass is 28.4. The molecule has 5 nitrogen and oxygen atoms in total. The van der Waals surface area contributed by atoms with Crippen LogP contribution in [0.25, 0.3) is 16.6 Å². The number of nitrogens with zero attached hydrogens (tertiary/aromatic N) is 2. The number of hydrogen-bond acceptors (Lipinski definition) is 4. The van der Waals surface area contributed by atoms with E-state index in [2.05, 4.69) is 31.2 Å². The summed E-state index contributed by atoms with van der Waals surface area (Å²) in [5, 5.41) is 8.28. The van der Waals surface area contributed by atoms with Gasteiger partial charge in [0.2, 0.25) is 0 Å². The second-order valence-corrected chi connectivity index (χ2v) is 14.0. The largest absolute Gasteiger partial charge is 0.541 e. The maximum atomic E-state index is 14.5. The molecule has 160 valence electrons. The summed E-state index contributed by atoms with van der Waals surface area (Å²) in [5.74, 6) is -1.23. The van der Waals surface area contributed by atoms with Crippen LogP contribution in [0.5, 0.6) is 11.5 Å². The maximum absolute atomic E-state index is 14.5. The van der Waals surface area contributed by atoms with E-state index >= 15 is 0 Å². The minimum atomic E-state index is -2.34. The minimum absolute atomic E-state index is 0.0716. The van der Waals surface area contributed by atoms with Crippen molar-refractivity contribution in [3.8, 4) is 17.2 Å². The lowest BCUT2D eigenvalue weighted by Crippen LogP contribution is -2.50. The van der Waals surface area contributed by atoms with Crippen molar-refractivity contribution in [2.24, 2.45) is 0 Å². The summed E-state index contributed by atoms with van der Waals surface area (Å²) in [4.78, 5) is 0. The summed E-state index contributed by atoms with van der Waals surface area (Å²) in [5.41, 5.74) is 1.19. The highest BCUT2D eigenvalue weighted by Gasteiger charge is 2.40. The van der Waals surface area contributed by atoms with Crippen molar-refractivity contribution >= 4 is 19.2 Å². The molecule has 2 aromatic carbocycles. The van der Waals surface area contributed by atoms with Crippen LogP contribution in [0.15, 0.2) is 36.5 Å². The van der Waals surface area contributed by atoms with E-state index in [1.54, 1.807) is 10.9 Å². The highest BCUT2D eigenvalue weighted by Crippen LogP contribution is 2.39. The van der Waals surface area contributed by atoms with Crippen molar-refractivity contribution < 1.29 is 17.9 Å². The maximum Gasteiger partial charge on any atom is 0.250 e. The third-order valence-electron chi connectivity index (χ3n) is 5.98. The van der Waals surface area contributed by atoms with Gasteiger partial charge in [0.1, 0.15) is 17.6 Å². The van der Waals surface area contributed by atoms with Gasteiger partial charge in [-0.3, -0.25) is 0 Å². The summed E-state index contributed by atoms with van der Waals surface area (Å²) >= 11 is 0. The Morgan fingerprint density at radius 3 is 2.50 bits per heavy atom. The fourth-order valence-corrected chi connectivity index (χ4v) is 4.01. The van der Waals surface area contributed by atoms with E-state index in [1.165, 1.54) is 6.07 Å². The van der Waals surface area contributed by atoms with Gasteiger partial charge in [-0.25, -0.2) is 9.07 Å². The first-order valence-corrected chi connectivity index (χ1v) is 13.0. The molecule has 30 heavy (non-hydrogen) atoms. The van der Waals surface area contributed by atoms with Gasteiger partial charge in [-0.15, -0.1) is 0 Å². The van der Waals surface area contributed by atoms with Crippen molar-refractivity contribution in [2.45, 2.75) is 45.0 Å². The topological polar surface area (TPSA) is 48.3 Å². The van der Waals surface area contributed by atoms with Crippen molar-refractivity contribution in [3.63, 3.8) is 0 Å². The zero-order chi connectivity index (χ0) is 21.7. The normalized spacial score (nSPS) is 15.3. The molecule has 1 saturated heterocycles. The molecule has 1 aliphatic heterocycles. The first-order valence-electron chi connectivity index (χ1n) is 10.1. The van der Waals surface area contributed by atoms with E-state index < -0.39 is 20.0 Å². The van der Waals surface area contributed by atoms with Crippen LogP contribution in [0.2, 0.25) is 18.1 Å². The van der Waals surface area contributed by atoms with Crippen LogP contribution >= 0.6 is 0 Å². The number of benzene rings is 2. The van der Waals surface area contributed by atoms with Gasteiger partial charge in [0.05, 0.1) is 17.4 Å². The van der Waals surface area contributed by atoms with Crippen molar-refractivity contribution in [3.05, 3.63) is 48.2 Å². The van der Waals surface area contributed by atoms with Crippen LogP contribution in [-0.2, 0) is 0 Å². The third kappa shape index (κ3) is 3.81. The Kier molecular flexibility index (Phi) is 5.10. The fraction of sp³-hybridized carbons (Fsp3) is 0.409. The van der Waals surface area contributed by atoms with E-state index in [9.17, 15) is 8.78 Å². The second kappa shape index (κ2) is 7.35. The molecule has 1 fully saturated rings. The number of halogens is 2. The molecule has 0 amide bonds. The Hall–Kier alpha value is -2.45. The van der Waals surface area contributed by atoms with Gasteiger partial charge in [-0.05, 0) is 36.3 Å². The van der Waals surface area contributed by atoms with E-state index in [0.29, 0.717) is 5.69 Å². The third-order valence-corrected chi connectivity index (χ3v) is 10.3. The van der Waals surface area contributed by atoms with Gasteiger partial charge in [0.15, 0.2) is 11.6 Å². The first-order chi connectivity index (χ1) is 14.0. The number of aromatic nitrogens is 2. The van der Waals surface area contributed by atoms with Gasteiger partial charge in [-0.1, -0.05) is 20.8 Å². The lowest BCUT2D eigenvalue weighted by Gasteiger charge is -2.36. The molecule has 0 radical (unpaired) electrons. The van der Waals surface area contributed by atoms with Crippen LogP contribution in [0.1, 0.15) is 20.8 Å². The van der Waals surface area contributed by atoms with Crippen molar-refractivity contribution in [1.82, 2.24) is 15.1 Å². The summed E-state index contributed by atoms with van der Waals surface area (Å²) in [7, 11) is -2.34. The van der Waals surface area contributed by atoms with Crippen LogP contribution < -0.4 is 14.5 Å². The summed E-state index contributed by atoms with van der Waals surface area (Å²) in [6.45, 7) is 11.8. The highest BCUT2D eigenvalue weighted by molar-refractivity contribution is 6.74. The number of hydrogen-bond donors (Lipinski definition) is 1. The minimum Gasteiger partial charge on any atom is -0.541 e. The lowest BCUT2D eigenvalue weighted by molar-refractivity contribution is 0.142. The fourth-order valence-electron chi connectivity index (χ4n) is 3.00. The molecular weight excluding hydrogens is 404 g/mol. The Morgan fingerprint density at radius 2 is 1.87 bits per heavy atom. The summed E-state index contributed by atoms with van der Waals surface area (Å²) < 4.78 is 42.5. The molecule has 0 aliphatic carbocycles. The predicted molar refractivity (Wildman–Crippen MR) is 116 cm³/mol. The lowest BCUT2D eigenvalue weighted by atomic mass is 10.2. The summed E-state index contributed by atoms with van der Waals surface area (Å²) in [6, 6.07) is 8.32. The molecular formula is C22H27F2N3O2Si. The Balaban J connectivity index is 1.70. The number of rotatable bonds is 5. The number of nitrogens with one attached hydrogen (secondary N) is 1. The van der Waals surface area contributed by atoms with E-state index in [1.807, 2.05) is 31.3 Å². The van der Waals surface area contributed by atoms with Crippen LogP contribution in [0.4, 0.5) is 8.78 Å². The monoisotopic (exact) mass is 431 g/mol. The van der Waals surface area contributed by atoms with Crippen LogP contribution in [0.3, 0.4) is 0 Å². The number of fused-ring (bicyclic) bond motifs is 1.